The second-order valence-corrected chi connectivity index (χ2v) is 22.0. The van der Waals surface area contributed by atoms with Gasteiger partial charge in [0, 0.05) is 34.4 Å². The maximum Gasteiger partial charge on any atom is 0.148 e. The summed E-state index contributed by atoms with van der Waals surface area (Å²) in [5.74, 6) is 6.83. The summed E-state index contributed by atoms with van der Waals surface area (Å²) in [4.78, 5) is 0. The minimum atomic E-state index is 0.124. The SMILES string of the molecule is CC.CC.CC.CC.CC.CC.CC(C)(C)c1cc2sccc2o1.CC(C)c1cc2sccc2o1.CCc1cc2sccc2o1.Cc1cc2sccc2o1.Cc1oc2c(C)csc2c1C.Cc1oc2ccsc2c1C. The molecule has 414 valence electrons. The number of fused-ring (bicyclic) bond motifs is 6. The van der Waals surface area contributed by atoms with Gasteiger partial charge in [-0.2, -0.15) is 0 Å². The molecule has 0 fully saturated rings. The number of furan rings is 6. The molecular weight excluding hydrogens is 1050 g/mol. The average Bonchev–Trinajstić information content (AvgIpc) is 4.24. The third-order valence-corrected chi connectivity index (χ3v) is 15.8. The van der Waals surface area contributed by atoms with Crippen LogP contribution in [0.1, 0.15) is 182 Å². The summed E-state index contributed by atoms with van der Waals surface area (Å²) >= 11 is 10.4. The quantitative estimate of drug-likeness (QED) is 0.172. The van der Waals surface area contributed by atoms with Crippen LogP contribution in [0.4, 0.5) is 0 Å². The summed E-state index contributed by atoms with van der Waals surface area (Å²) in [5.41, 5.74) is 10.1. The molecule has 0 atom stereocenters. The Kier molecular flexibility index (Phi) is 32.6. The van der Waals surface area contributed by atoms with Crippen LogP contribution in [-0.4, -0.2) is 0 Å². The predicted molar refractivity (Wildman–Crippen MR) is 343 cm³/mol. The summed E-state index contributed by atoms with van der Waals surface area (Å²) in [6.07, 6.45) is 0.988. The highest BCUT2D eigenvalue weighted by molar-refractivity contribution is 7.18. The lowest BCUT2D eigenvalue weighted by Crippen LogP contribution is -2.08. The van der Waals surface area contributed by atoms with Crippen molar-refractivity contribution in [3.63, 3.8) is 0 Å². The van der Waals surface area contributed by atoms with Gasteiger partial charge in [-0.3, -0.25) is 0 Å². The van der Waals surface area contributed by atoms with Crippen molar-refractivity contribution in [1.29, 1.82) is 0 Å². The first kappa shape index (κ1) is 68.5. The average molecular weight is 1140 g/mol. The van der Waals surface area contributed by atoms with Gasteiger partial charge in [0.1, 0.15) is 68.1 Å². The Balaban J connectivity index is 0.000000433. The van der Waals surface area contributed by atoms with Crippen molar-refractivity contribution in [3.05, 3.63) is 138 Å². The van der Waals surface area contributed by atoms with Gasteiger partial charge in [0.15, 0.2) is 0 Å². The van der Waals surface area contributed by atoms with Crippen molar-refractivity contribution in [3.8, 4) is 0 Å². The minimum Gasteiger partial charge on any atom is -0.460 e. The Hall–Kier alpha value is -4.56. The molecule has 12 aromatic heterocycles. The van der Waals surface area contributed by atoms with E-state index in [4.69, 9.17) is 26.5 Å². The standard InChI is InChI=1S/C10H12OS.2C9H10OS.2C8H8OS.C7H6OS.6C2H6/c1-10(2,3)9-6-8-7(11-9)4-5-12-8;1-5-4-11-9-6(2)7(3)10-8(5)9;1-6(2)8-5-9-7(10-8)3-4-11-9;1-5-6(2)9-7-3-4-10-8(5)7;1-2-6-5-8-7(9-6)3-4-10-8;1-5-4-7-6(8-5)2-3-9-7;6*1-2/h4-6H,1-3H3;4H,1-3H3;3-6H,1-2H3;3-4H,1-2H3;3-5H,2H2,1H3;2-4H,1H3;6*1-2H3. The van der Waals surface area contributed by atoms with E-state index in [0.717, 1.165) is 74.5 Å². The highest BCUT2D eigenvalue weighted by atomic mass is 32.1. The van der Waals surface area contributed by atoms with E-state index in [-0.39, 0.29) is 5.41 Å². The number of rotatable bonds is 2. The van der Waals surface area contributed by atoms with Crippen LogP contribution in [-0.2, 0) is 11.8 Å². The maximum atomic E-state index is 5.68. The molecule has 0 unspecified atom stereocenters. The number of thiophene rings is 6. The monoisotopic (exact) mass is 1130 g/mol. The Morgan fingerprint density at radius 1 is 0.440 bits per heavy atom. The molecule has 75 heavy (non-hydrogen) atoms. The first-order valence-electron chi connectivity index (χ1n) is 26.8. The van der Waals surface area contributed by atoms with E-state index in [2.05, 4.69) is 108 Å². The lowest BCUT2D eigenvalue weighted by molar-refractivity contribution is 0.430. The van der Waals surface area contributed by atoms with Gasteiger partial charge in [-0.25, -0.2) is 0 Å². The van der Waals surface area contributed by atoms with Crippen LogP contribution >= 0.6 is 68.0 Å². The highest BCUT2D eigenvalue weighted by Crippen LogP contribution is 2.34. The molecule has 0 amide bonds. The van der Waals surface area contributed by atoms with E-state index in [1.807, 2.05) is 145 Å². The van der Waals surface area contributed by atoms with Crippen LogP contribution in [0.3, 0.4) is 0 Å². The van der Waals surface area contributed by atoms with E-state index in [9.17, 15) is 0 Å². The van der Waals surface area contributed by atoms with E-state index >= 15 is 0 Å². The third kappa shape index (κ3) is 19.8. The molecule has 12 heterocycles. The largest absolute Gasteiger partial charge is 0.460 e. The molecule has 0 radical (unpaired) electrons. The summed E-state index contributed by atoms with van der Waals surface area (Å²) in [6, 6.07) is 18.5. The van der Waals surface area contributed by atoms with Crippen molar-refractivity contribution in [2.75, 3.05) is 0 Å². The lowest BCUT2D eigenvalue weighted by atomic mass is 9.94. The zero-order chi connectivity index (χ0) is 57.0. The van der Waals surface area contributed by atoms with Crippen molar-refractivity contribution in [1.82, 2.24) is 0 Å². The molecule has 0 aliphatic carbocycles. The van der Waals surface area contributed by atoms with E-state index in [1.165, 1.54) is 44.9 Å². The van der Waals surface area contributed by atoms with E-state index < -0.39 is 0 Å². The zero-order valence-corrected chi connectivity index (χ0v) is 54.7. The van der Waals surface area contributed by atoms with Crippen LogP contribution in [0, 0.1) is 41.5 Å². The van der Waals surface area contributed by atoms with Gasteiger partial charge >= 0.3 is 0 Å². The summed E-state index contributed by atoms with van der Waals surface area (Å²) in [5, 5.41) is 12.4. The first-order valence-corrected chi connectivity index (χ1v) is 32.1. The molecule has 0 aliphatic rings. The Morgan fingerprint density at radius 3 is 1.31 bits per heavy atom. The normalized spacial score (nSPS) is 10.0. The maximum absolute atomic E-state index is 5.68. The highest BCUT2D eigenvalue weighted by Gasteiger charge is 2.19. The summed E-state index contributed by atoms with van der Waals surface area (Å²) < 4.78 is 40.7. The molecule has 12 heteroatoms. The van der Waals surface area contributed by atoms with Gasteiger partial charge in [-0.15, -0.1) is 68.0 Å². The molecule has 0 saturated heterocycles. The van der Waals surface area contributed by atoms with Gasteiger partial charge in [0.05, 0.1) is 28.2 Å². The fourth-order valence-corrected chi connectivity index (χ4v) is 11.3. The third-order valence-electron chi connectivity index (χ3n) is 10.2. The second-order valence-electron chi connectivity index (χ2n) is 16.4. The van der Waals surface area contributed by atoms with Gasteiger partial charge in [0.2, 0.25) is 0 Å². The Morgan fingerprint density at radius 2 is 0.867 bits per heavy atom. The fraction of sp³-hybridized carbons (Fsp3) is 0.429. The number of hydrogen-bond acceptors (Lipinski definition) is 12. The molecule has 12 rings (SSSR count). The van der Waals surface area contributed by atoms with Crippen LogP contribution in [0.5, 0.6) is 0 Å². The molecule has 0 bridgehead atoms. The molecule has 0 N–H and O–H groups in total. The Labute approximate surface area is 474 Å². The predicted octanol–water partition coefficient (Wildman–Crippen LogP) is 26.0. The van der Waals surface area contributed by atoms with Gasteiger partial charge in [-0.1, -0.05) is 125 Å². The molecule has 0 aromatic carbocycles. The van der Waals surface area contributed by atoms with Crippen LogP contribution in [0.15, 0.2) is 113 Å². The van der Waals surface area contributed by atoms with Gasteiger partial charge in [-0.05, 0) is 128 Å². The molecule has 12 aromatic rings. The molecule has 0 spiro atoms. The van der Waals surface area contributed by atoms with Crippen molar-refractivity contribution < 1.29 is 26.5 Å². The van der Waals surface area contributed by atoms with Gasteiger partial charge in [0.25, 0.3) is 0 Å². The van der Waals surface area contributed by atoms with Crippen molar-refractivity contribution >= 4 is 130 Å². The smallest absolute Gasteiger partial charge is 0.148 e. The molecule has 0 aliphatic heterocycles. The fourth-order valence-electron chi connectivity index (χ4n) is 6.34. The van der Waals surface area contributed by atoms with Crippen LogP contribution < -0.4 is 0 Å². The molecule has 0 saturated carbocycles. The summed E-state index contributed by atoms with van der Waals surface area (Å²) in [6.45, 7) is 49.1. The second kappa shape index (κ2) is 35.7. The number of hydrogen-bond donors (Lipinski definition) is 0. The van der Waals surface area contributed by atoms with Crippen LogP contribution in [0.25, 0.3) is 61.7 Å². The minimum absolute atomic E-state index is 0.124. The molecular formula is C63H90O6S6. The Bertz CT molecular complexity index is 3170. The topological polar surface area (TPSA) is 78.8 Å². The number of aryl methyl sites for hydroxylation is 7. The first-order chi connectivity index (χ1) is 36.1. The van der Waals surface area contributed by atoms with E-state index in [1.54, 1.807) is 68.0 Å². The van der Waals surface area contributed by atoms with Crippen LogP contribution in [0.2, 0.25) is 0 Å². The molecule has 6 nitrogen and oxygen atoms in total. The van der Waals surface area contributed by atoms with Crippen molar-refractivity contribution in [2.45, 2.75) is 184 Å². The van der Waals surface area contributed by atoms with Gasteiger partial charge < -0.3 is 26.5 Å². The van der Waals surface area contributed by atoms with Crippen molar-refractivity contribution in [2.24, 2.45) is 0 Å². The van der Waals surface area contributed by atoms with E-state index in [0.29, 0.717) is 5.92 Å². The summed E-state index contributed by atoms with van der Waals surface area (Å²) in [7, 11) is 0. The zero-order valence-electron chi connectivity index (χ0n) is 49.8. The lowest BCUT2D eigenvalue weighted by Gasteiger charge is -2.13.